The van der Waals surface area contributed by atoms with Crippen LogP contribution >= 0.6 is 0 Å². The summed E-state index contributed by atoms with van der Waals surface area (Å²) in [5.74, 6) is -0.193. The molecule has 2 aromatic carbocycles. The van der Waals surface area contributed by atoms with Crippen molar-refractivity contribution in [2.24, 2.45) is 5.73 Å². The van der Waals surface area contributed by atoms with Gasteiger partial charge in [-0.1, -0.05) is 0 Å². The van der Waals surface area contributed by atoms with E-state index in [0.29, 0.717) is 18.5 Å². The SMILES string of the molecule is NCCCNc1cc(-c2ccc[nH]2)c2c3c(ccc(F)c13)NC2. The third-order valence-electron chi connectivity index (χ3n) is 4.38. The topological polar surface area (TPSA) is 65.9 Å². The third kappa shape index (κ3) is 2.24. The normalized spacial score (nSPS) is 12.6. The van der Waals surface area contributed by atoms with E-state index in [2.05, 4.69) is 15.6 Å². The van der Waals surface area contributed by atoms with Crippen molar-refractivity contribution in [2.45, 2.75) is 13.0 Å². The molecule has 0 bridgehead atoms. The molecule has 1 aliphatic rings. The molecule has 0 spiro atoms. The standard InChI is InChI=1S/C18H19FN4/c19-13-4-5-15-17-12(10-23-15)11(14-3-1-7-21-14)9-16(18(13)17)22-8-2-6-20/h1,3-5,7,9,21-23H,2,6,8,10,20H2. The van der Waals surface area contributed by atoms with Crippen LogP contribution in [0.15, 0.2) is 36.5 Å². The first-order chi connectivity index (χ1) is 11.3. The van der Waals surface area contributed by atoms with Crippen LogP contribution < -0.4 is 16.4 Å². The molecule has 0 saturated heterocycles. The molecule has 0 radical (unpaired) electrons. The van der Waals surface area contributed by atoms with Gasteiger partial charge in [-0.15, -0.1) is 0 Å². The second-order valence-electron chi connectivity index (χ2n) is 5.80. The Morgan fingerprint density at radius 2 is 2.13 bits per heavy atom. The number of rotatable bonds is 5. The van der Waals surface area contributed by atoms with Crippen LogP contribution in [0.3, 0.4) is 0 Å². The lowest BCUT2D eigenvalue weighted by molar-refractivity contribution is 0.640. The van der Waals surface area contributed by atoms with Gasteiger partial charge in [-0.25, -0.2) is 4.39 Å². The highest BCUT2D eigenvalue weighted by Crippen LogP contribution is 2.43. The van der Waals surface area contributed by atoms with E-state index < -0.39 is 0 Å². The van der Waals surface area contributed by atoms with Gasteiger partial charge in [0.15, 0.2) is 0 Å². The van der Waals surface area contributed by atoms with Crippen LogP contribution in [-0.4, -0.2) is 18.1 Å². The number of nitrogens with one attached hydrogen (secondary N) is 3. The Kier molecular flexibility index (Phi) is 3.42. The minimum atomic E-state index is -0.193. The lowest BCUT2D eigenvalue weighted by Crippen LogP contribution is -2.09. The summed E-state index contributed by atoms with van der Waals surface area (Å²) in [6, 6.07) is 9.40. The number of benzene rings is 2. The molecule has 0 amide bonds. The Balaban J connectivity index is 1.96. The van der Waals surface area contributed by atoms with Gasteiger partial charge in [0.25, 0.3) is 0 Å². The van der Waals surface area contributed by atoms with Crippen LogP contribution in [0.1, 0.15) is 12.0 Å². The lowest BCUT2D eigenvalue weighted by Gasteiger charge is -2.15. The quantitative estimate of drug-likeness (QED) is 0.544. The van der Waals surface area contributed by atoms with Crippen molar-refractivity contribution >= 4 is 22.1 Å². The van der Waals surface area contributed by atoms with Gasteiger partial charge in [0, 0.05) is 52.7 Å². The highest BCUT2D eigenvalue weighted by molar-refractivity contribution is 6.09. The molecule has 0 fully saturated rings. The van der Waals surface area contributed by atoms with Crippen LogP contribution in [0.2, 0.25) is 0 Å². The van der Waals surface area contributed by atoms with Gasteiger partial charge in [-0.3, -0.25) is 0 Å². The zero-order valence-corrected chi connectivity index (χ0v) is 12.7. The Labute approximate surface area is 133 Å². The zero-order chi connectivity index (χ0) is 15.8. The molecule has 118 valence electrons. The fraction of sp³-hybridized carbons (Fsp3) is 0.222. The summed E-state index contributed by atoms with van der Waals surface area (Å²) in [6.45, 7) is 2.06. The Morgan fingerprint density at radius 3 is 2.91 bits per heavy atom. The first kappa shape index (κ1) is 14.1. The van der Waals surface area contributed by atoms with E-state index in [1.165, 1.54) is 6.07 Å². The van der Waals surface area contributed by atoms with E-state index in [1.807, 2.05) is 30.5 Å². The molecule has 2 heterocycles. The number of anilines is 2. The van der Waals surface area contributed by atoms with Gasteiger partial charge < -0.3 is 21.4 Å². The number of nitrogens with two attached hydrogens (primary N) is 1. The average Bonchev–Trinajstić information content (AvgIpc) is 3.22. The van der Waals surface area contributed by atoms with E-state index in [4.69, 9.17) is 5.73 Å². The predicted octanol–water partition coefficient (Wildman–Crippen LogP) is 3.66. The molecule has 5 N–H and O–H groups in total. The molecule has 4 rings (SSSR count). The lowest BCUT2D eigenvalue weighted by atomic mass is 9.96. The molecule has 23 heavy (non-hydrogen) atoms. The molecule has 1 aliphatic heterocycles. The van der Waals surface area contributed by atoms with Crippen LogP contribution in [0.25, 0.3) is 22.0 Å². The molecule has 3 aromatic rings. The zero-order valence-electron chi connectivity index (χ0n) is 12.7. The number of halogens is 1. The van der Waals surface area contributed by atoms with Gasteiger partial charge in [0.1, 0.15) is 5.82 Å². The molecule has 1 aromatic heterocycles. The molecular weight excluding hydrogens is 291 g/mol. The van der Waals surface area contributed by atoms with E-state index in [1.54, 1.807) is 0 Å². The van der Waals surface area contributed by atoms with Crippen LogP contribution in [0.4, 0.5) is 15.8 Å². The van der Waals surface area contributed by atoms with Crippen molar-refractivity contribution in [3.63, 3.8) is 0 Å². The number of aromatic nitrogens is 1. The summed E-state index contributed by atoms with van der Waals surface area (Å²) in [5.41, 5.74) is 10.7. The highest BCUT2D eigenvalue weighted by atomic mass is 19.1. The minimum Gasteiger partial charge on any atom is -0.384 e. The maximum atomic E-state index is 14.5. The monoisotopic (exact) mass is 310 g/mol. The average molecular weight is 310 g/mol. The molecule has 5 heteroatoms. The molecule has 0 unspecified atom stereocenters. The first-order valence-electron chi connectivity index (χ1n) is 7.89. The molecule has 0 saturated carbocycles. The van der Waals surface area contributed by atoms with Gasteiger partial charge in [0.2, 0.25) is 0 Å². The smallest absolute Gasteiger partial charge is 0.133 e. The molecule has 0 aliphatic carbocycles. The van der Waals surface area contributed by atoms with E-state index in [-0.39, 0.29) is 5.82 Å². The number of hydrogen-bond acceptors (Lipinski definition) is 3. The summed E-state index contributed by atoms with van der Waals surface area (Å²) >= 11 is 0. The Morgan fingerprint density at radius 1 is 1.22 bits per heavy atom. The fourth-order valence-corrected chi connectivity index (χ4v) is 3.31. The molecule has 0 atom stereocenters. The first-order valence-corrected chi connectivity index (χ1v) is 7.89. The van der Waals surface area contributed by atoms with Crippen molar-refractivity contribution < 1.29 is 4.39 Å². The fourth-order valence-electron chi connectivity index (χ4n) is 3.31. The summed E-state index contributed by atoms with van der Waals surface area (Å²) in [6.07, 6.45) is 2.75. The van der Waals surface area contributed by atoms with Gasteiger partial charge in [0.05, 0.1) is 0 Å². The second-order valence-corrected chi connectivity index (χ2v) is 5.80. The van der Waals surface area contributed by atoms with Gasteiger partial charge >= 0.3 is 0 Å². The van der Waals surface area contributed by atoms with Crippen molar-refractivity contribution in [3.05, 3.63) is 47.9 Å². The minimum absolute atomic E-state index is 0.193. The number of H-pyrrole nitrogens is 1. The summed E-state index contributed by atoms with van der Waals surface area (Å²) in [5, 5.41) is 8.36. The summed E-state index contributed by atoms with van der Waals surface area (Å²) in [4.78, 5) is 3.26. The summed E-state index contributed by atoms with van der Waals surface area (Å²) in [7, 11) is 0. The van der Waals surface area contributed by atoms with Crippen LogP contribution in [0, 0.1) is 5.82 Å². The predicted molar refractivity (Wildman–Crippen MR) is 93.2 cm³/mol. The maximum Gasteiger partial charge on any atom is 0.133 e. The Hall–Kier alpha value is -2.53. The van der Waals surface area contributed by atoms with Gasteiger partial charge in [-0.2, -0.15) is 0 Å². The van der Waals surface area contributed by atoms with Crippen molar-refractivity contribution in [1.82, 2.24) is 4.98 Å². The third-order valence-corrected chi connectivity index (χ3v) is 4.38. The van der Waals surface area contributed by atoms with Crippen molar-refractivity contribution in [3.8, 4) is 11.3 Å². The number of aromatic amines is 1. The van der Waals surface area contributed by atoms with E-state index in [9.17, 15) is 4.39 Å². The van der Waals surface area contributed by atoms with E-state index in [0.717, 1.165) is 46.5 Å². The highest BCUT2D eigenvalue weighted by Gasteiger charge is 2.23. The Bertz CT molecular complexity index is 855. The maximum absolute atomic E-state index is 14.5. The van der Waals surface area contributed by atoms with E-state index >= 15 is 0 Å². The largest absolute Gasteiger partial charge is 0.384 e. The van der Waals surface area contributed by atoms with Crippen molar-refractivity contribution in [1.29, 1.82) is 0 Å². The second kappa shape index (κ2) is 5.59. The summed E-state index contributed by atoms with van der Waals surface area (Å²) < 4.78 is 14.5. The van der Waals surface area contributed by atoms with Crippen molar-refractivity contribution in [2.75, 3.05) is 23.7 Å². The van der Waals surface area contributed by atoms with Crippen LogP contribution in [-0.2, 0) is 6.54 Å². The number of hydrogen-bond donors (Lipinski definition) is 4. The molecular formula is C18H19FN4. The molecule has 4 nitrogen and oxygen atoms in total. The van der Waals surface area contributed by atoms with Gasteiger partial charge in [-0.05, 0) is 48.9 Å². The van der Waals surface area contributed by atoms with Crippen LogP contribution in [0.5, 0.6) is 0 Å².